The van der Waals surface area contributed by atoms with Gasteiger partial charge in [-0.3, -0.25) is 4.79 Å². The number of nitrogens with one attached hydrogen (secondary N) is 1. The maximum Gasteiger partial charge on any atom is 0.219 e. The van der Waals surface area contributed by atoms with E-state index in [0.717, 1.165) is 44.1 Å². The fraction of sp³-hybridized carbons (Fsp3) is 0.741. The van der Waals surface area contributed by atoms with Crippen LogP contribution in [-0.4, -0.2) is 53.1 Å². The Labute approximate surface area is 209 Å². The maximum atomic E-state index is 12.1. The predicted octanol–water partition coefficient (Wildman–Crippen LogP) is 6.53. The second-order valence-electron chi connectivity index (χ2n) is 9.90. The number of benzene rings is 1. The van der Waals surface area contributed by atoms with E-state index in [1.807, 2.05) is 33.7 Å². The highest BCUT2D eigenvalue weighted by Crippen LogP contribution is 2.40. The highest BCUT2D eigenvalue weighted by atomic mass is 33.1. The zero-order chi connectivity index (χ0) is 23.4. The summed E-state index contributed by atoms with van der Waals surface area (Å²) in [6, 6.07) is 7.93. The fourth-order valence-electron chi connectivity index (χ4n) is 5.32. The number of nitrogens with zero attached hydrogens (tertiary/aromatic N) is 1. The molecule has 2 N–H and O–H groups in total. The van der Waals surface area contributed by atoms with Gasteiger partial charge in [-0.2, -0.15) is 0 Å². The number of carbonyl (C=O) groups excluding carboxylic acids is 1. The maximum absolute atomic E-state index is 12.1. The first-order valence-corrected chi connectivity index (χ1v) is 15.6. The summed E-state index contributed by atoms with van der Waals surface area (Å²) < 4.78 is 0. The number of amides is 1. The van der Waals surface area contributed by atoms with Gasteiger partial charge in [0.1, 0.15) is 5.75 Å². The topological polar surface area (TPSA) is 52.6 Å². The van der Waals surface area contributed by atoms with Crippen molar-refractivity contribution in [3.8, 4) is 5.75 Å². The smallest absolute Gasteiger partial charge is 0.219 e. The van der Waals surface area contributed by atoms with Crippen LogP contribution in [-0.2, 0) is 10.2 Å². The van der Waals surface area contributed by atoms with Crippen molar-refractivity contribution in [2.75, 3.05) is 31.9 Å². The molecule has 1 amide bonds. The molecule has 2 aliphatic rings. The summed E-state index contributed by atoms with van der Waals surface area (Å²) in [5.74, 6) is 1.91. The van der Waals surface area contributed by atoms with Gasteiger partial charge in [0.2, 0.25) is 5.91 Å². The van der Waals surface area contributed by atoms with Crippen LogP contribution in [0.1, 0.15) is 89.5 Å². The van der Waals surface area contributed by atoms with E-state index in [1.54, 1.807) is 6.07 Å². The molecule has 2 fully saturated rings. The van der Waals surface area contributed by atoms with E-state index >= 15 is 0 Å². The van der Waals surface area contributed by atoms with Crippen LogP contribution < -0.4 is 5.32 Å². The quantitative estimate of drug-likeness (QED) is 0.242. The first-order valence-electron chi connectivity index (χ1n) is 13.2. The SMILES string of the molecule is CC[C@@]1(c2cccc(O)c2)CCCCN(CCCCCNC(=O)CCCCC2CCSS2)C1. The fourth-order valence-corrected chi connectivity index (χ4v) is 8.34. The number of carbonyl (C=O) groups is 1. The predicted molar refractivity (Wildman–Crippen MR) is 144 cm³/mol. The summed E-state index contributed by atoms with van der Waals surface area (Å²) in [6.07, 6.45) is 13.8. The molecule has 33 heavy (non-hydrogen) atoms. The van der Waals surface area contributed by atoms with E-state index in [9.17, 15) is 9.90 Å². The van der Waals surface area contributed by atoms with E-state index < -0.39 is 0 Å². The van der Waals surface area contributed by atoms with E-state index in [2.05, 4.69) is 23.2 Å². The minimum Gasteiger partial charge on any atom is -0.508 e. The second kappa shape index (κ2) is 14.5. The molecule has 2 heterocycles. The van der Waals surface area contributed by atoms with Crippen molar-refractivity contribution in [1.29, 1.82) is 0 Å². The van der Waals surface area contributed by atoms with Crippen molar-refractivity contribution in [2.45, 2.75) is 94.6 Å². The molecule has 0 radical (unpaired) electrons. The molecule has 3 rings (SSSR count). The minimum absolute atomic E-state index is 0.151. The number of hydrogen-bond acceptors (Lipinski definition) is 5. The Morgan fingerprint density at radius 3 is 2.91 bits per heavy atom. The number of rotatable bonds is 13. The molecule has 186 valence electrons. The van der Waals surface area contributed by atoms with E-state index in [1.165, 1.54) is 69.2 Å². The Morgan fingerprint density at radius 2 is 2.12 bits per heavy atom. The highest BCUT2D eigenvalue weighted by Gasteiger charge is 2.34. The van der Waals surface area contributed by atoms with E-state index in [4.69, 9.17) is 0 Å². The van der Waals surface area contributed by atoms with Crippen LogP contribution in [0.4, 0.5) is 0 Å². The molecule has 2 atom stereocenters. The van der Waals surface area contributed by atoms with Crippen molar-refractivity contribution in [3.63, 3.8) is 0 Å². The molecule has 1 unspecified atom stereocenters. The van der Waals surface area contributed by atoms with Crippen molar-refractivity contribution >= 4 is 27.5 Å². The number of aromatic hydroxyl groups is 1. The molecular formula is C27H44N2O2S2. The number of hydrogen-bond donors (Lipinski definition) is 2. The highest BCUT2D eigenvalue weighted by molar-refractivity contribution is 8.77. The Balaban J connectivity index is 1.29. The lowest BCUT2D eigenvalue weighted by Crippen LogP contribution is -2.39. The Hall–Kier alpha value is -0.850. The van der Waals surface area contributed by atoms with Gasteiger partial charge in [-0.25, -0.2) is 0 Å². The van der Waals surface area contributed by atoms with Crippen molar-refractivity contribution < 1.29 is 9.90 Å². The lowest BCUT2D eigenvalue weighted by atomic mass is 9.74. The van der Waals surface area contributed by atoms with Gasteiger partial charge in [-0.15, -0.1) is 0 Å². The molecule has 0 aromatic heterocycles. The third kappa shape index (κ3) is 9.03. The summed E-state index contributed by atoms with van der Waals surface area (Å²) in [5.41, 5.74) is 1.44. The number of phenolic OH excluding ortho intramolecular Hbond substituents is 1. The zero-order valence-corrected chi connectivity index (χ0v) is 22.2. The molecule has 0 bridgehead atoms. The van der Waals surface area contributed by atoms with Crippen LogP contribution in [0.25, 0.3) is 0 Å². The van der Waals surface area contributed by atoms with Gasteiger partial charge in [0.05, 0.1) is 0 Å². The molecule has 1 aromatic carbocycles. The second-order valence-corrected chi connectivity index (χ2v) is 12.7. The third-order valence-electron chi connectivity index (χ3n) is 7.42. The van der Waals surface area contributed by atoms with Crippen molar-refractivity contribution in [3.05, 3.63) is 29.8 Å². The number of likely N-dealkylation sites (tertiary alicyclic amines) is 1. The average Bonchev–Trinajstić information content (AvgIpc) is 3.25. The van der Waals surface area contributed by atoms with Crippen LogP contribution in [0.3, 0.4) is 0 Å². The first kappa shape index (κ1) is 26.7. The van der Waals surface area contributed by atoms with E-state index in [-0.39, 0.29) is 11.3 Å². The van der Waals surface area contributed by atoms with Gasteiger partial charge >= 0.3 is 0 Å². The summed E-state index contributed by atoms with van der Waals surface area (Å²) in [6.45, 7) is 6.50. The van der Waals surface area contributed by atoms with Gasteiger partial charge < -0.3 is 15.3 Å². The van der Waals surface area contributed by atoms with Gasteiger partial charge in [-0.05, 0) is 82.2 Å². The Kier molecular flexibility index (Phi) is 11.8. The first-order chi connectivity index (χ1) is 16.1. The zero-order valence-electron chi connectivity index (χ0n) is 20.5. The molecule has 0 aliphatic carbocycles. The summed E-state index contributed by atoms with van der Waals surface area (Å²) in [4.78, 5) is 14.7. The van der Waals surface area contributed by atoms with Gasteiger partial charge in [0.25, 0.3) is 0 Å². The van der Waals surface area contributed by atoms with Crippen molar-refractivity contribution in [2.24, 2.45) is 0 Å². The lowest BCUT2D eigenvalue weighted by Gasteiger charge is -2.36. The van der Waals surface area contributed by atoms with Crippen LogP contribution in [0, 0.1) is 0 Å². The summed E-state index contributed by atoms with van der Waals surface area (Å²) in [7, 11) is 4.04. The molecule has 6 heteroatoms. The lowest BCUT2D eigenvalue weighted by molar-refractivity contribution is -0.121. The average molecular weight is 493 g/mol. The minimum atomic E-state index is 0.151. The summed E-state index contributed by atoms with van der Waals surface area (Å²) >= 11 is 0. The van der Waals surface area contributed by atoms with E-state index in [0.29, 0.717) is 12.2 Å². The van der Waals surface area contributed by atoms with Gasteiger partial charge in [0.15, 0.2) is 0 Å². The number of unbranched alkanes of at least 4 members (excludes halogenated alkanes) is 3. The molecular weight excluding hydrogens is 448 g/mol. The monoisotopic (exact) mass is 492 g/mol. The molecule has 2 saturated heterocycles. The third-order valence-corrected chi connectivity index (χ3v) is 10.4. The van der Waals surface area contributed by atoms with Crippen molar-refractivity contribution in [1.82, 2.24) is 10.2 Å². The van der Waals surface area contributed by atoms with Gasteiger partial charge in [-0.1, -0.05) is 59.9 Å². The Bertz CT molecular complexity index is 711. The van der Waals surface area contributed by atoms with Crippen LogP contribution in [0.15, 0.2) is 24.3 Å². The molecule has 0 saturated carbocycles. The normalized spacial score (nSPS) is 24.0. The van der Waals surface area contributed by atoms with Crippen LogP contribution in [0.2, 0.25) is 0 Å². The molecule has 0 spiro atoms. The standard InChI is InChI=1S/C27H44N2O2S2/c1-2-27(23-11-10-12-24(30)21-23)16-6-9-19-29(22-27)18-8-3-7-17-28-26(31)14-5-4-13-25-15-20-32-33-25/h10-12,21,25,30H,2-9,13-20,22H2,1H3,(H,28,31)/t25?,27-/m1/s1. The van der Waals surface area contributed by atoms with Crippen LogP contribution >= 0.6 is 21.6 Å². The number of phenols is 1. The molecule has 2 aliphatic heterocycles. The molecule has 4 nitrogen and oxygen atoms in total. The molecule has 1 aromatic rings. The largest absolute Gasteiger partial charge is 0.508 e. The Morgan fingerprint density at radius 1 is 1.21 bits per heavy atom. The summed E-state index contributed by atoms with van der Waals surface area (Å²) in [5, 5.41) is 14.0. The van der Waals surface area contributed by atoms with Crippen LogP contribution in [0.5, 0.6) is 5.75 Å². The van der Waals surface area contributed by atoms with Gasteiger partial charge in [0, 0.05) is 35.9 Å².